The number of hydrogen-bond acceptors (Lipinski definition) is 7. The first kappa shape index (κ1) is 18.7. The monoisotopic (exact) mass is 404 g/mol. The molecule has 144 valence electrons. The molecule has 6 nitrogen and oxygen atoms in total. The van der Waals surface area contributed by atoms with E-state index < -0.39 is 0 Å². The predicted molar refractivity (Wildman–Crippen MR) is 109 cm³/mol. The summed E-state index contributed by atoms with van der Waals surface area (Å²) in [5.41, 5.74) is 1.34. The predicted octanol–water partition coefficient (Wildman–Crippen LogP) is 4.72. The van der Waals surface area contributed by atoms with Gasteiger partial charge in [-0.25, -0.2) is 4.98 Å². The van der Waals surface area contributed by atoms with Gasteiger partial charge in [-0.05, 0) is 38.2 Å². The number of thiophene rings is 1. The third-order valence-corrected chi connectivity index (χ3v) is 7.10. The van der Waals surface area contributed by atoms with Crippen LogP contribution in [-0.2, 0) is 19.4 Å². The molecule has 0 aromatic carbocycles. The van der Waals surface area contributed by atoms with Crippen molar-refractivity contribution in [1.82, 2.24) is 19.7 Å². The summed E-state index contributed by atoms with van der Waals surface area (Å²) < 4.78 is 7.26. The Kier molecular flexibility index (Phi) is 5.11. The van der Waals surface area contributed by atoms with E-state index in [-0.39, 0.29) is 16.7 Å². The van der Waals surface area contributed by atoms with Gasteiger partial charge in [0, 0.05) is 17.3 Å². The van der Waals surface area contributed by atoms with Gasteiger partial charge in [-0.1, -0.05) is 37.7 Å². The molecule has 0 radical (unpaired) electrons. The van der Waals surface area contributed by atoms with Gasteiger partial charge in [-0.2, -0.15) is 4.98 Å². The van der Waals surface area contributed by atoms with Gasteiger partial charge in [-0.3, -0.25) is 9.36 Å². The van der Waals surface area contributed by atoms with Crippen molar-refractivity contribution < 1.29 is 4.52 Å². The lowest BCUT2D eigenvalue weighted by molar-refractivity contribution is 0.372. The summed E-state index contributed by atoms with van der Waals surface area (Å²) in [5, 5.41) is 5.57. The average molecular weight is 405 g/mol. The van der Waals surface area contributed by atoms with Gasteiger partial charge in [0.2, 0.25) is 5.89 Å². The maximum atomic E-state index is 13.2. The normalized spacial score (nSPS) is 15.0. The van der Waals surface area contributed by atoms with E-state index in [1.807, 2.05) is 25.3 Å². The van der Waals surface area contributed by atoms with Crippen LogP contribution >= 0.6 is 23.1 Å². The number of nitrogens with zero attached hydrogens (tertiary/aromatic N) is 4. The number of aryl methyl sites for hydroxylation is 2. The van der Waals surface area contributed by atoms with Crippen molar-refractivity contribution in [3.63, 3.8) is 0 Å². The van der Waals surface area contributed by atoms with E-state index in [1.165, 1.54) is 22.2 Å². The van der Waals surface area contributed by atoms with Crippen molar-refractivity contribution in [2.75, 3.05) is 0 Å². The zero-order chi connectivity index (χ0) is 19.1. The number of aromatic nitrogens is 4. The van der Waals surface area contributed by atoms with Gasteiger partial charge in [0.1, 0.15) is 4.83 Å². The molecule has 0 bridgehead atoms. The van der Waals surface area contributed by atoms with Gasteiger partial charge in [0.25, 0.3) is 5.56 Å². The van der Waals surface area contributed by atoms with Crippen molar-refractivity contribution in [3.05, 3.63) is 32.5 Å². The Hall–Kier alpha value is -1.67. The van der Waals surface area contributed by atoms with Crippen molar-refractivity contribution in [3.8, 4) is 0 Å². The highest BCUT2D eigenvalue weighted by Crippen LogP contribution is 2.38. The van der Waals surface area contributed by atoms with Crippen LogP contribution in [0.2, 0.25) is 0 Å². The minimum atomic E-state index is -0.0655. The van der Waals surface area contributed by atoms with Crippen LogP contribution in [-0.4, -0.2) is 19.7 Å². The van der Waals surface area contributed by atoms with E-state index in [1.54, 1.807) is 11.3 Å². The quantitative estimate of drug-likeness (QED) is 0.437. The molecule has 0 N–H and O–H groups in total. The molecule has 3 aromatic rings. The summed E-state index contributed by atoms with van der Waals surface area (Å²) >= 11 is 3.20. The van der Waals surface area contributed by atoms with Crippen LogP contribution in [0.5, 0.6) is 0 Å². The molecule has 0 unspecified atom stereocenters. The van der Waals surface area contributed by atoms with Crippen LogP contribution in [0.25, 0.3) is 10.2 Å². The van der Waals surface area contributed by atoms with Gasteiger partial charge < -0.3 is 4.52 Å². The minimum Gasteiger partial charge on any atom is -0.338 e. The summed E-state index contributed by atoms with van der Waals surface area (Å²) in [5.74, 6) is 1.51. The Morgan fingerprint density at radius 1 is 1.26 bits per heavy atom. The first-order chi connectivity index (χ1) is 13.0. The molecule has 0 saturated carbocycles. The molecule has 3 aromatic heterocycles. The maximum Gasteiger partial charge on any atom is 0.263 e. The van der Waals surface area contributed by atoms with Gasteiger partial charge in [-0.15, -0.1) is 11.3 Å². The van der Waals surface area contributed by atoms with Crippen LogP contribution in [0.3, 0.4) is 0 Å². The molecule has 0 aliphatic heterocycles. The Bertz CT molecular complexity index is 1030. The molecule has 1 aliphatic rings. The summed E-state index contributed by atoms with van der Waals surface area (Å²) in [6, 6.07) is 0. The first-order valence-corrected chi connectivity index (χ1v) is 11.2. The number of fused-ring (bicyclic) bond motifs is 3. The third-order valence-electron chi connectivity index (χ3n) is 4.84. The highest BCUT2D eigenvalue weighted by atomic mass is 32.2. The fourth-order valence-electron chi connectivity index (χ4n) is 3.42. The van der Waals surface area contributed by atoms with E-state index in [2.05, 4.69) is 17.1 Å². The van der Waals surface area contributed by atoms with Crippen LogP contribution in [0, 0.1) is 0 Å². The molecule has 8 heteroatoms. The summed E-state index contributed by atoms with van der Waals surface area (Å²) in [6.45, 7) is 8.85. The Morgan fingerprint density at radius 2 is 2.07 bits per heavy atom. The van der Waals surface area contributed by atoms with Crippen molar-refractivity contribution in [2.45, 2.75) is 76.2 Å². The lowest BCUT2D eigenvalue weighted by Gasteiger charge is -2.13. The highest BCUT2D eigenvalue weighted by molar-refractivity contribution is 7.99. The first-order valence-electron chi connectivity index (χ1n) is 9.54. The lowest BCUT2D eigenvalue weighted by Crippen LogP contribution is -2.23. The van der Waals surface area contributed by atoms with E-state index in [4.69, 9.17) is 9.51 Å². The Balaban J connectivity index is 1.73. The molecule has 0 fully saturated rings. The molecule has 3 heterocycles. The van der Waals surface area contributed by atoms with E-state index in [0.717, 1.165) is 41.1 Å². The van der Waals surface area contributed by atoms with Crippen molar-refractivity contribution >= 4 is 33.3 Å². The molecule has 1 atom stereocenters. The van der Waals surface area contributed by atoms with E-state index in [0.29, 0.717) is 18.3 Å². The van der Waals surface area contributed by atoms with Crippen LogP contribution in [0.1, 0.15) is 73.9 Å². The maximum absolute atomic E-state index is 13.2. The summed E-state index contributed by atoms with van der Waals surface area (Å²) in [7, 11) is 0. The minimum absolute atomic E-state index is 0.0655. The SMILES string of the molecule is CCCn1c(S[C@@H](C)c2nc(C(C)C)no2)nc2sc3c(c2c1=O)CCC3. The van der Waals surface area contributed by atoms with Crippen molar-refractivity contribution in [2.24, 2.45) is 0 Å². The Labute approximate surface area is 166 Å². The molecule has 0 saturated heterocycles. The lowest BCUT2D eigenvalue weighted by atomic mass is 10.2. The molecular formula is C19H24N4O2S2. The molecule has 0 spiro atoms. The zero-order valence-corrected chi connectivity index (χ0v) is 17.7. The summed E-state index contributed by atoms with van der Waals surface area (Å²) in [4.78, 5) is 24.8. The summed E-state index contributed by atoms with van der Waals surface area (Å²) in [6.07, 6.45) is 4.11. The molecule has 1 aliphatic carbocycles. The second-order valence-corrected chi connectivity index (χ2v) is 9.69. The standard InChI is InChI=1S/C19H24N4O2S2/c1-5-9-23-18(24)14-12-7-6-8-13(12)27-17(14)21-19(23)26-11(4)16-20-15(10(2)3)22-25-16/h10-11H,5-9H2,1-4H3/t11-/m0/s1. The second kappa shape index (κ2) is 7.39. The van der Waals surface area contributed by atoms with Crippen LogP contribution in [0.4, 0.5) is 0 Å². The largest absolute Gasteiger partial charge is 0.338 e. The van der Waals surface area contributed by atoms with Crippen LogP contribution < -0.4 is 5.56 Å². The van der Waals surface area contributed by atoms with Gasteiger partial charge in [0.05, 0.1) is 10.6 Å². The molecule has 0 amide bonds. The number of rotatable bonds is 6. The van der Waals surface area contributed by atoms with Gasteiger partial charge >= 0.3 is 0 Å². The molecule has 4 rings (SSSR count). The van der Waals surface area contributed by atoms with E-state index in [9.17, 15) is 4.79 Å². The number of thioether (sulfide) groups is 1. The fourth-order valence-corrected chi connectivity index (χ4v) is 5.69. The average Bonchev–Trinajstić information content (AvgIpc) is 3.33. The third kappa shape index (κ3) is 3.33. The molecule has 27 heavy (non-hydrogen) atoms. The van der Waals surface area contributed by atoms with E-state index >= 15 is 0 Å². The van der Waals surface area contributed by atoms with Gasteiger partial charge in [0.15, 0.2) is 11.0 Å². The fraction of sp³-hybridized carbons (Fsp3) is 0.579. The highest BCUT2D eigenvalue weighted by Gasteiger charge is 2.25. The second-order valence-electron chi connectivity index (χ2n) is 7.29. The Morgan fingerprint density at radius 3 is 2.78 bits per heavy atom. The van der Waals surface area contributed by atoms with Crippen molar-refractivity contribution in [1.29, 1.82) is 0 Å². The van der Waals surface area contributed by atoms with Crippen LogP contribution in [0.15, 0.2) is 14.5 Å². The topological polar surface area (TPSA) is 73.8 Å². The molecular weight excluding hydrogens is 380 g/mol. The smallest absolute Gasteiger partial charge is 0.263 e. The number of hydrogen-bond donors (Lipinski definition) is 0. The zero-order valence-electron chi connectivity index (χ0n) is 16.1.